The zero-order chi connectivity index (χ0) is 13.9. The van der Waals surface area contributed by atoms with Gasteiger partial charge in [0.1, 0.15) is 0 Å². The van der Waals surface area contributed by atoms with E-state index in [0.29, 0.717) is 16.8 Å². The predicted octanol–water partition coefficient (Wildman–Crippen LogP) is 2.41. The van der Waals surface area contributed by atoms with Crippen LogP contribution in [0.4, 0.5) is 5.69 Å². The van der Waals surface area contributed by atoms with Crippen molar-refractivity contribution in [3.8, 4) is 6.07 Å². The Hall–Kier alpha value is -2.64. The fourth-order valence-electron chi connectivity index (χ4n) is 2.27. The number of nitrogens with zero attached hydrogens (tertiary/aromatic N) is 1. The maximum absolute atomic E-state index is 12.2. The first-order valence-corrected chi connectivity index (χ1v) is 6.40. The summed E-state index contributed by atoms with van der Waals surface area (Å²) >= 11 is 0. The highest BCUT2D eigenvalue weighted by atomic mass is 16.1. The summed E-state index contributed by atoms with van der Waals surface area (Å²) in [6.45, 7) is 1.68. The number of nitrogens with one attached hydrogen (secondary N) is 2. The monoisotopic (exact) mass is 263 g/mol. The van der Waals surface area contributed by atoms with Crippen LogP contribution in [0, 0.1) is 11.3 Å². The molecule has 0 bridgehead atoms. The molecule has 0 aliphatic carbocycles. The summed E-state index contributed by atoms with van der Waals surface area (Å²) in [6.07, 6.45) is 0. The summed E-state index contributed by atoms with van der Waals surface area (Å²) in [6, 6.07) is 14.6. The molecule has 0 fully saturated rings. The smallest absolute Gasteiger partial charge is 0.255 e. The molecule has 2 aromatic rings. The molecule has 3 rings (SSSR count). The van der Waals surface area contributed by atoms with E-state index in [1.807, 2.05) is 24.3 Å². The van der Waals surface area contributed by atoms with Crippen molar-refractivity contribution in [1.82, 2.24) is 5.32 Å². The van der Waals surface area contributed by atoms with Crippen molar-refractivity contribution >= 4 is 11.6 Å². The Bertz CT molecular complexity index is 699. The van der Waals surface area contributed by atoms with Gasteiger partial charge in [-0.15, -0.1) is 0 Å². The second-order valence-corrected chi connectivity index (χ2v) is 4.73. The highest BCUT2D eigenvalue weighted by molar-refractivity contribution is 6.04. The number of fused-ring (bicyclic) bond motifs is 1. The van der Waals surface area contributed by atoms with Gasteiger partial charge < -0.3 is 10.6 Å². The number of carbonyl (C=O) groups is 1. The zero-order valence-electron chi connectivity index (χ0n) is 10.8. The van der Waals surface area contributed by atoms with E-state index in [0.717, 1.165) is 13.1 Å². The third-order valence-corrected chi connectivity index (χ3v) is 3.37. The largest absolute Gasteiger partial charge is 0.322 e. The molecule has 1 aliphatic rings. The Morgan fingerprint density at radius 1 is 1.10 bits per heavy atom. The number of anilines is 1. The van der Waals surface area contributed by atoms with E-state index in [1.165, 1.54) is 11.1 Å². The summed E-state index contributed by atoms with van der Waals surface area (Å²) in [4.78, 5) is 12.2. The Labute approximate surface area is 117 Å². The first-order chi connectivity index (χ1) is 9.76. The summed E-state index contributed by atoms with van der Waals surface area (Å²) in [5.41, 5.74) is 4.34. The van der Waals surface area contributed by atoms with Crippen molar-refractivity contribution in [3.63, 3.8) is 0 Å². The number of carbonyl (C=O) groups excluding carboxylic acids is 1. The van der Waals surface area contributed by atoms with Gasteiger partial charge in [0, 0.05) is 24.3 Å². The van der Waals surface area contributed by atoms with Crippen molar-refractivity contribution < 1.29 is 4.79 Å². The minimum atomic E-state index is -0.135. The van der Waals surface area contributed by atoms with Crippen LogP contribution >= 0.6 is 0 Å². The van der Waals surface area contributed by atoms with Crippen LogP contribution in [0.5, 0.6) is 0 Å². The Kier molecular flexibility index (Phi) is 3.20. The van der Waals surface area contributed by atoms with Crippen molar-refractivity contribution in [2.75, 3.05) is 5.32 Å². The van der Waals surface area contributed by atoms with Crippen molar-refractivity contribution in [2.24, 2.45) is 0 Å². The van der Waals surface area contributed by atoms with Gasteiger partial charge in [0.25, 0.3) is 5.91 Å². The van der Waals surface area contributed by atoms with Gasteiger partial charge in [-0.2, -0.15) is 5.26 Å². The summed E-state index contributed by atoms with van der Waals surface area (Å²) < 4.78 is 0. The molecule has 20 heavy (non-hydrogen) atoms. The third-order valence-electron chi connectivity index (χ3n) is 3.37. The van der Waals surface area contributed by atoms with Gasteiger partial charge in [-0.25, -0.2) is 0 Å². The quantitative estimate of drug-likeness (QED) is 0.874. The van der Waals surface area contributed by atoms with E-state index in [9.17, 15) is 4.79 Å². The van der Waals surface area contributed by atoms with Gasteiger partial charge >= 0.3 is 0 Å². The second kappa shape index (κ2) is 5.16. The van der Waals surface area contributed by atoms with Crippen LogP contribution in [-0.2, 0) is 13.1 Å². The van der Waals surface area contributed by atoms with Gasteiger partial charge in [-0.05, 0) is 47.5 Å². The predicted molar refractivity (Wildman–Crippen MR) is 76.1 cm³/mol. The standard InChI is InChI=1S/C16H13N3O/c17-8-11-1-5-15(6-2-11)19-16(20)12-3-4-13-9-18-10-14(13)7-12/h1-7,18H,9-10H2,(H,19,20). The molecule has 98 valence electrons. The average molecular weight is 263 g/mol. The molecular weight excluding hydrogens is 250 g/mol. The topological polar surface area (TPSA) is 64.9 Å². The molecule has 1 heterocycles. The lowest BCUT2D eigenvalue weighted by Gasteiger charge is -2.06. The lowest BCUT2D eigenvalue weighted by Crippen LogP contribution is -2.12. The van der Waals surface area contributed by atoms with Gasteiger partial charge in [0.15, 0.2) is 0 Å². The van der Waals surface area contributed by atoms with Crippen molar-refractivity contribution in [2.45, 2.75) is 13.1 Å². The van der Waals surface area contributed by atoms with Crippen LogP contribution in [0.25, 0.3) is 0 Å². The number of benzene rings is 2. The summed E-state index contributed by atoms with van der Waals surface area (Å²) in [7, 11) is 0. The first-order valence-electron chi connectivity index (χ1n) is 6.40. The zero-order valence-corrected chi connectivity index (χ0v) is 10.8. The number of hydrogen-bond acceptors (Lipinski definition) is 3. The normalized spacial score (nSPS) is 12.6. The molecule has 0 saturated carbocycles. The molecule has 0 atom stereocenters. The highest BCUT2D eigenvalue weighted by Gasteiger charge is 2.13. The van der Waals surface area contributed by atoms with Crippen LogP contribution in [-0.4, -0.2) is 5.91 Å². The summed E-state index contributed by atoms with van der Waals surface area (Å²) in [5.74, 6) is -0.135. The van der Waals surface area contributed by atoms with E-state index in [2.05, 4.69) is 10.6 Å². The molecule has 0 unspecified atom stereocenters. The molecule has 4 heteroatoms. The lowest BCUT2D eigenvalue weighted by atomic mass is 10.1. The van der Waals surface area contributed by atoms with Crippen molar-refractivity contribution in [1.29, 1.82) is 5.26 Å². The fraction of sp³-hybridized carbons (Fsp3) is 0.125. The molecular formula is C16H13N3O. The maximum atomic E-state index is 12.2. The SMILES string of the molecule is N#Cc1ccc(NC(=O)c2ccc3c(c2)CNC3)cc1. The second-order valence-electron chi connectivity index (χ2n) is 4.73. The number of hydrogen-bond donors (Lipinski definition) is 2. The fourth-order valence-corrected chi connectivity index (χ4v) is 2.27. The van der Waals surface area contributed by atoms with E-state index < -0.39 is 0 Å². The molecule has 1 aliphatic heterocycles. The Balaban J connectivity index is 1.77. The van der Waals surface area contributed by atoms with Crippen LogP contribution in [0.2, 0.25) is 0 Å². The molecule has 2 aromatic carbocycles. The first kappa shape index (κ1) is 12.4. The van der Waals surface area contributed by atoms with Crippen LogP contribution in [0.15, 0.2) is 42.5 Å². The molecule has 0 aromatic heterocycles. The average Bonchev–Trinajstić information content (AvgIpc) is 2.95. The molecule has 0 radical (unpaired) electrons. The Morgan fingerprint density at radius 2 is 1.85 bits per heavy atom. The van der Waals surface area contributed by atoms with Gasteiger partial charge in [-0.1, -0.05) is 6.07 Å². The summed E-state index contributed by atoms with van der Waals surface area (Å²) in [5, 5.41) is 14.8. The van der Waals surface area contributed by atoms with Crippen LogP contribution < -0.4 is 10.6 Å². The maximum Gasteiger partial charge on any atom is 0.255 e. The van der Waals surface area contributed by atoms with E-state index >= 15 is 0 Å². The molecule has 2 N–H and O–H groups in total. The minimum absolute atomic E-state index is 0.135. The number of amides is 1. The Morgan fingerprint density at radius 3 is 2.60 bits per heavy atom. The third kappa shape index (κ3) is 2.40. The van der Waals surface area contributed by atoms with E-state index in [4.69, 9.17) is 5.26 Å². The number of rotatable bonds is 2. The van der Waals surface area contributed by atoms with E-state index in [1.54, 1.807) is 24.3 Å². The minimum Gasteiger partial charge on any atom is -0.322 e. The van der Waals surface area contributed by atoms with Crippen molar-refractivity contribution in [3.05, 3.63) is 64.7 Å². The number of nitriles is 1. The van der Waals surface area contributed by atoms with Gasteiger partial charge in [-0.3, -0.25) is 4.79 Å². The molecule has 0 spiro atoms. The molecule has 1 amide bonds. The van der Waals surface area contributed by atoms with Gasteiger partial charge in [0.05, 0.1) is 11.6 Å². The van der Waals surface area contributed by atoms with Crippen LogP contribution in [0.1, 0.15) is 27.0 Å². The van der Waals surface area contributed by atoms with Crippen LogP contribution in [0.3, 0.4) is 0 Å². The molecule has 4 nitrogen and oxygen atoms in total. The molecule has 0 saturated heterocycles. The van der Waals surface area contributed by atoms with Gasteiger partial charge in [0.2, 0.25) is 0 Å². The lowest BCUT2D eigenvalue weighted by molar-refractivity contribution is 0.102. The van der Waals surface area contributed by atoms with E-state index in [-0.39, 0.29) is 5.91 Å². The highest BCUT2D eigenvalue weighted by Crippen LogP contribution is 2.18.